The molecule has 3 rings (SSSR count). The van der Waals surface area contributed by atoms with E-state index in [2.05, 4.69) is 12.1 Å². The van der Waals surface area contributed by atoms with Crippen LogP contribution in [0.3, 0.4) is 0 Å². The summed E-state index contributed by atoms with van der Waals surface area (Å²) in [7, 11) is -2.25. The third kappa shape index (κ3) is 2.31. The van der Waals surface area contributed by atoms with Gasteiger partial charge in [0, 0.05) is 0 Å². The number of aryl methyl sites for hydroxylation is 4. The Bertz CT molecular complexity index is 666. The third-order valence-electron chi connectivity index (χ3n) is 4.41. The Hall–Kier alpha value is -1.55. The van der Waals surface area contributed by atoms with Gasteiger partial charge in [-0.05, 0) is 72.0 Å². The quantitative estimate of drug-likeness (QED) is 0.708. The van der Waals surface area contributed by atoms with Crippen LogP contribution in [0.4, 0.5) is 0 Å². The molecule has 0 amide bonds. The molecule has 3 nitrogen and oxygen atoms in total. The molecule has 0 aromatic heterocycles. The second-order valence-corrected chi connectivity index (χ2v) is 5.89. The third-order valence-corrected chi connectivity index (χ3v) is 4.41. The molecule has 0 radical (unpaired) electrons. The maximum atomic E-state index is 10.3. The van der Waals surface area contributed by atoms with Gasteiger partial charge in [-0.15, -0.1) is 0 Å². The number of benzene rings is 2. The number of rotatable bonds is 0. The summed E-state index contributed by atoms with van der Waals surface area (Å²) >= 11 is 0. The van der Waals surface area contributed by atoms with Crippen molar-refractivity contribution < 1.29 is 14.6 Å². The molecular formula is C16H18B2O3. The second-order valence-electron chi connectivity index (χ2n) is 5.89. The molecule has 2 aromatic carbocycles. The molecule has 5 heteroatoms. The summed E-state index contributed by atoms with van der Waals surface area (Å²) in [6.45, 7) is 8.10. The lowest BCUT2D eigenvalue weighted by Gasteiger charge is -2.14. The normalized spacial score (nSPS) is 13.8. The van der Waals surface area contributed by atoms with Crippen LogP contribution in [0.2, 0.25) is 0 Å². The van der Waals surface area contributed by atoms with Crippen molar-refractivity contribution in [2.45, 2.75) is 27.7 Å². The van der Waals surface area contributed by atoms with Crippen LogP contribution in [0.15, 0.2) is 24.3 Å². The van der Waals surface area contributed by atoms with Crippen LogP contribution in [-0.4, -0.2) is 24.3 Å². The van der Waals surface area contributed by atoms with Gasteiger partial charge < -0.3 is 14.6 Å². The molecule has 0 bridgehead atoms. The zero-order valence-electron chi connectivity index (χ0n) is 12.8. The predicted octanol–water partition coefficient (Wildman–Crippen LogP) is 0.992. The standard InChI is InChI=1S/C16H18B2O3/c1-9-5-13-14-6-10(2)12(4)8-16(14)18(20)21-17(19)15(13)7-11(9)3/h5-8,19-20H,1-4H3. The Morgan fingerprint density at radius 1 is 0.667 bits per heavy atom. The van der Waals surface area contributed by atoms with Crippen molar-refractivity contribution in [1.29, 1.82) is 0 Å². The number of fused-ring (bicyclic) bond motifs is 3. The van der Waals surface area contributed by atoms with E-state index < -0.39 is 14.2 Å². The smallest absolute Gasteiger partial charge is 0.443 e. The summed E-state index contributed by atoms with van der Waals surface area (Å²) in [6, 6.07) is 7.99. The Morgan fingerprint density at radius 2 is 1.00 bits per heavy atom. The Labute approximate surface area is 125 Å². The van der Waals surface area contributed by atoms with E-state index in [0.717, 1.165) is 33.4 Å². The second kappa shape index (κ2) is 5.02. The van der Waals surface area contributed by atoms with E-state index in [4.69, 9.17) is 4.57 Å². The van der Waals surface area contributed by atoms with Crippen LogP contribution in [0, 0.1) is 27.7 Å². The summed E-state index contributed by atoms with van der Waals surface area (Å²) in [5, 5.41) is 20.5. The van der Waals surface area contributed by atoms with Crippen LogP contribution in [0.1, 0.15) is 22.3 Å². The Balaban J connectivity index is 2.36. The highest BCUT2D eigenvalue weighted by Crippen LogP contribution is 2.25. The monoisotopic (exact) mass is 280 g/mol. The molecule has 106 valence electrons. The number of hydrogen-bond acceptors (Lipinski definition) is 3. The molecule has 0 spiro atoms. The molecule has 0 fully saturated rings. The van der Waals surface area contributed by atoms with Crippen LogP contribution in [-0.2, 0) is 4.57 Å². The largest absolute Gasteiger partial charge is 0.478 e. The average molecular weight is 280 g/mol. The Kier molecular flexibility index (Phi) is 3.44. The average Bonchev–Trinajstić information content (AvgIpc) is 2.51. The molecule has 0 aliphatic carbocycles. The van der Waals surface area contributed by atoms with E-state index in [1.54, 1.807) is 0 Å². The minimum atomic E-state index is -1.12. The maximum Gasteiger partial charge on any atom is 0.478 e. The van der Waals surface area contributed by atoms with Crippen molar-refractivity contribution >= 4 is 25.2 Å². The van der Waals surface area contributed by atoms with Crippen molar-refractivity contribution in [3.05, 3.63) is 46.5 Å². The van der Waals surface area contributed by atoms with Gasteiger partial charge in [0.25, 0.3) is 0 Å². The molecule has 0 atom stereocenters. The lowest BCUT2D eigenvalue weighted by atomic mass is 9.73. The first-order valence-corrected chi connectivity index (χ1v) is 7.12. The highest BCUT2D eigenvalue weighted by molar-refractivity contribution is 6.76. The summed E-state index contributed by atoms with van der Waals surface area (Å²) < 4.78 is 5.36. The predicted molar refractivity (Wildman–Crippen MR) is 87.1 cm³/mol. The molecule has 2 aromatic rings. The van der Waals surface area contributed by atoms with Crippen molar-refractivity contribution in [1.82, 2.24) is 0 Å². The van der Waals surface area contributed by atoms with Gasteiger partial charge in [-0.3, -0.25) is 0 Å². The lowest BCUT2D eigenvalue weighted by molar-refractivity contribution is 0.379. The highest BCUT2D eigenvalue weighted by Gasteiger charge is 2.34. The maximum absolute atomic E-state index is 10.3. The fourth-order valence-electron chi connectivity index (χ4n) is 2.82. The molecule has 0 unspecified atom stereocenters. The molecule has 21 heavy (non-hydrogen) atoms. The van der Waals surface area contributed by atoms with E-state index >= 15 is 0 Å². The Morgan fingerprint density at radius 3 is 1.38 bits per heavy atom. The van der Waals surface area contributed by atoms with Crippen LogP contribution < -0.4 is 10.9 Å². The summed E-state index contributed by atoms with van der Waals surface area (Å²) in [4.78, 5) is 0. The summed E-state index contributed by atoms with van der Waals surface area (Å²) in [5.41, 5.74) is 7.78. The summed E-state index contributed by atoms with van der Waals surface area (Å²) in [5.74, 6) is 0. The first-order valence-electron chi connectivity index (χ1n) is 7.12. The van der Waals surface area contributed by atoms with Crippen LogP contribution in [0.25, 0.3) is 11.1 Å². The van der Waals surface area contributed by atoms with Gasteiger partial charge in [-0.1, -0.05) is 24.3 Å². The first kappa shape index (κ1) is 14.4. The van der Waals surface area contributed by atoms with Gasteiger partial charge in [-0.25, -0.2) is 0 Å². The highest BCUT2D eigenvalue weighted by atomic mass is 16.5. The van der Waals surface area contributed by atoms with E-state index in [1.807, 2.05) is 39.8 Å². The van der Waals surface area contributed by atoms with Crippen molar-refractivity contribution in [2.75, 3.05) is 0 Å². The van der Waals surface area contributed by atoms with Crippen molar-refractivity contribution in [3.8, 4) is 11.1 Å². The molecular weight excluding hydrogens is 262 g/mol. The van der Waals surface area contributed by atoms with Crippen molar-refractivity contribution in [3.63, 3.8) is 0 Å². The van der Waals surface area contributed by atoms with Crippen molar-refractivity contribution in [2.24, 2.45) is 0 Å². The van der Waals surface area contributed by atoms with E-state index in [-0.39, 0.29) is 0 Å². The van der Waals surface area contributed by atoms with E-state index in [9.17, 15) is 10.0 Å². The molecule has 1 aliphatic rings. The van der Waals surface area contributed by atoms with E-state index in [1.165, 1.54) is 0 Å². The first-order chi connectivity index (χ1) is 9.88. The van der Waals surface area contributed by atoms with Gasteiger partial charge >= 0.3 is 14.2 Å². The van der Waals surface area contributed by atoms with Crippen LogP contribution in [0.5, 0.6) is 0 Å². The zero-order chi connectivity index (χ0) is 15.3. The lowest BCUT2D eigenvalue weighted by Crippen LogP contribution is -2.42. The topological polar surface area (TPSA) is 49.7 Å². The molecule has 0 saturated heterocycles. The van der Waals surface area contributed by atoms with Gasteiger partial charge in [0.15, 0.2) is 0 Å². The number of hydrogen-bond donors (Lipinski definition) is 2. The van der Waals surface area contributed by atoms with Gasteiger partial charge in [0.2, 0.25) is 0 Å². The van der Waals surface area contributed by atoms with Crippen LogP contribution >= 0.6 is 0 Å². The molecule has 2 N–H and O–H groups in total. The van der Waals surface area contributed by atoms with E-state index in [0.29, 0.717) is 10.9 Å². The van der Waals surface area contributed by atoms with Gasteiger partial charge in [-0.2, -0.15) is 0 Å². The minimum absolute atomic E-state index is 0.708. The molecule has 1 aliphatic heterocycles. The molecule has 0 saturated carbocycles. The van der Waals surface area contributed by atoms with Gasteiger partial charge in [0.05, 0.1) is 0 Å². The minimum Gasteiger partial charge on any atom is -0.443 e. The van der Waals surface area contributed by atoms with Gasteiger partial charge in [0.1, 0.15) is 0 Å². The fourth-order valence-corrected chi connectivity index (χ4v) is 2.82. The summed E-state index contributed by atoms with van der Waals surface area (Å²) in [6.07, 6.45) is 0. The zero-order valence-corrected chi connectivity index (χ0v) is 12.8. The fraction of sp³-hybridized carbons (Fsp3) is 0.250. The SMILES string of the molecule is Cc1cc2c(cc1C)-c1cc(C)c(C)cc1B(O)OB2O. The molecule has 1 heterocycles.